The van der Waals surface area contributed by atoms with Gasteiger partial charge in [0.15, 0.2) is 0 Å². The lowest BCUT2D eigenvalue weighted by Gasteiger charge is -2.08. The summed E-state index contributed by atoms with van der Waals surface area (Å²) in [5.41, 5.74) is 0. The lowest BCUT2D eigenvalue weighted by molar-refractivity contribution is 0.350. The van der Waals surface area contributed by atoms with E-state index in [-0.39, 0.29) is 0 Å². The first-order valence-electron chi connectivity index (χ1n) is 5.65. The van der Waals surface area contributed by atoms with Gasteiger partial charge in [-0.3, -0.25) is 4.57 Å². The molecule has 0 aliphatic carbocycles. The lowest BCUT2D eigenvalue weighted by Crippen LogP contribution is -1.90. The molecule has 0 unspecified atom stereocenters. The second kappa shape index (κ2) is 6.60. The molecule has 4 heteroatoms. The Hall–Kier alpha value is 0.150. The minimum absolute atomic E-state index is 0.507. The van der Waals surface area contributed by atoms with Crippen molar-refractivity contribution in [3.63, 3.8) is 0 Å². The summed E-state index contributed by atoms with van der Waals surface area (Å²) in [6, 6.07) is 0. The van der Waals surface area contributed by atoms with Gasteiger partial charge in [0, 0.05) is 0 Å². The molecule has 84 valence electrons. The quantitative estimate of drug-likeness (QED) is 0.486. The Bertz CT molecular complexity index is 184. The first kappa shape index (κ1) is 12.2. The molecule has 0 amide bonds. The zero-order valence-electron chi connectivity index (χ0n) is 9.04. The van der Waals surface area contributed by atoms with Crippen LogP contribution in [-0.2, 0) is 13.6 Å². The Kier molecular flexibility index (Phi) is 5.76. The molecule has 3 nitrogen and oxygen atoms in total. The van der Waals surface area contributed by atoms with Gasteiger partial charge < -0.3 is 9.05 Å². The molecule has 0 aromatic carbocycles. The van der Waals surface area contributed by atoms with Crippen LogP contribution in [0.1, 0.15) is 45.4 Å². The molecule has 1 rings (SSSR count). The van der Waals surface area contributed by atoms with Gasteiger partial charge >= 0.3 is 7.60 Å². The third-order valence-corrected chi connectivity index (χ3v) is 4.46. The normalized spacial score (nSPS) is 20.1. The van der Waals surface area contributed by atoms with Crippen molar-refractivity contribution in [2.45, 2.75) is 45.4 Å². The summed E-state index contributed by atoms with van der Waals surface area (Å²) >= 11 is 0. The van der Waals surface area contributed by atoms with E-state index in [9.17, 15) is 4.57 Å². The second-order valence-electron chi connectivity index (χ2n) is 3.77. The van der Waals surface area contributed by atoms with Crippen molar-refractivity contribution in [3.05, 3.63) is 0 Å². The van der Waals surface area contributed by atoms with Crippen LogP contribution in [0.2, 0.25) is 0 Å². The molecule has 1 aliphatic rings. The second-order valence-corrected chi connectivity index (χ2v) is 5.95. The molecule has 1 fully saturated rings. The van der Waals surface area contributed by atoms with E-state index >= 15 is 0 Å². The first-order chi connectivity index (χ1) is 6.77. The summed E-state index contributed by atoms with van der Waals surface area (Å²) in [6.45, 7) is 3.22. The van der Waals surface area contributed by atoms with Crippen LogP contribution < -0.4 is 0 Å². The summed E-state index contributed by atoms with van der Waals surface area (Å²) in [5, 5.41) is 0. The van der Waals surface area contributed by atoms with Gasteiger partial charge in [-0.25, -0.2) is 0 Å². The molecular formula is C10H21O3P. The van der Waals surface area contributed by atoms with E-state index in [1.54, 1.807) is 0 Å². The van der Waals surface area contributed by atoms with E-state index in [0.717, 1.165) is 12.8 Å². The number of unbranched alkanes of at least 4 members (excludes halogenated alkanes) is 5. The van der Waals surface area contributed by atoms with E-state index in [1.165, 1.54) is 25.7 Å². The molecule has 0 bridgehead atoms. The highest BCUT2D eigenvalue weighted by Gasteiger charge is 2.28. The van der Waals surface area contributed by atoms with Crippen LogP contribution >= 0.6 is 7.60 Å². The van der Waals surface area contributed by atoms with Crippen LogP contribution in [0.25, 0.3) is 0 Å². The molecule has 0 aromatic rings. The Morgan fingerprint density at radius 1 is 1.00 bits per heavy atom. The van der Waals surface area contributed by atoms with Crippen LogP contribution in [0.15, 0.2) is 0 Å². The van der Waals surface area contributed by atoms with Crippen LogP contribution in [-0.4, -0.2) is 19.4 Å². The van der Waals surface area contributed by atoms with Gasteiger partial charge in [0.2, 0.25) is 0 Å². The molecule has 1 heterocycles. The summed E-state index contributed by atoms with van der Waals surface area (Å²) in [4.78, 5) is 0. The average molecular weight is 220 g/mol. The Labute approximate surface area is 86.7 Å². The Morgan fingerprint density at radius 3 is 2.21 bits per heavy atom. The third kappa shape index (κ3) is 4.59. The van der Waals surface area contributed by atoms with Crippen molar-refractivity contribution in [2.24, 2.45) is 0 Å². The Balaban J connectivity index is 1.95. The van der Waals surface area contributed by atoms with Crippen molar-refractivity contribution in [2.75, 3.05) is 19.4 Å². The smallest absolute Gasteiger partial charge is 0.306 e. The predicted molar refractivity (Wildman–Crippen MR) is 57.8 cm³/mol. The minimum atomic E-state index is -2.63. The molecule has 1 aliphatic heterocycles. The molecule has 0 N–H and O–H groups in total. The first-order valence-corrected chi connectivity index (χ1v) is 7.38. The van der Waals surface area contributed by atoms with E-state index in [0.29, 0.717) is 19.4 Å². The molecule has 0 aromatic heterocycles. The summed E-state index contributed by atoms with van der Waals surface area (Å²) in [5.74, 6) is 0. The van der Waals surface area contributed by atoms with Crippen LogP contribution in [0.5, 0.6) is 0 Å². The maximum atomic E-state index is 11.7. The minimum Gasteiger partial charge on any atom is -0.306 e. The molecule has 0 radical (unpaired) electrons. The lowest BCUT2D eigenvalue weighted by atomic mass is 10.1. The van der Waals surface area contributed by atoms with Crippen LogP contribution in [0.3, 0.4) is 0 Å². The molecule has 14 heavy (non-hydrogen) atoms. The molecular weight excluding hydrogens is 199 g/mol. The fourth-order valence-electron chi connectivity index (χ4n) is 1.60. The van der Waals surface area contributed by atoms with E-state index in [2.05, 4.69) is 6.92 Å². The topological polar surface area (TPSA) is 35.5 Å². The van der Waals surface area contributed by atoms with Crippen LogP contribution in [0, 0.1) is 0 Å². The van der Waals surface area contributed by atoms with E-state index < -0.39 is 7.60 Å². The van der Waals surface area contributed by atoms with Crippen molar-refractivity contribution < 1.29 is 13.6 Å². The largest absolute Gasteiger partial charge is 0.330 e. The average Bonchev–Trinajstić information content (AvgIpc) is 2.59. The molecule has 0 atom stereocenters. The van der Waals surface area contributed by atoms with Gasteiger partial charge in [0.25, 0.3) is 0 Å². The van der Waals surface area contributed by atoms with Crippen LogP contribution in [0.4, 0.5) is 0 Å². The van der Waals surface area contributed by atoms with E-state index in [1.807, 2.05) is 0 Å². The summed E-state index contributed by atoms with van der Waals surface area (Å²) < 4.78 is 21.9. The van der Waals surface area contributed by atoms with Gasteiger partial charge in [-0.15, -0.1) is 0 Å². The zero-order chi connectivity index (χ0) is 10.3. The predicted octanol–water partition coefficient (Wildman–Crippen LogP) is 3.59. The van der Waals surface area contributed by atoms with Gasteiger partial charge in [-0.05, 0) is 6.42 Å². The third-order valence-electron chi connectivity index (χ3n) is 2.44. The van der Waals surface area contributed by atoms with Crippen molar-refractivity contribution in [3.8, 4) is 0 Å². The number of hydrogen-bond donors (Lipinski definition) is 0. The maximum Gasteiger partial charge on any atom is 0.330 e. The van der Waals surface area contributed by atoms with Gasteiger partial charge in [-0.1, -0.05) is 39.0 Å². The van der Waals surface area contributed by atoms with Gasteiger partial charge in [-0.2, -0.15) is 0 Å². The highest BCUT2D eigenvalue weighted by Crippen LogP contribution is 2.52. The van der Waals surface area contributed by atoms with Crippen molar-refractivity contribution in [1.29, 1.82) is 0 Å². The van der Waals surface area contributed by atoms with E-state index in [4.69, 9.17) is 9.05 Å². The zero-order valence-corrected chi connectivity index (χ0v) is 9.93. The monoisotopic (exact) mass is 220 g/mol. The van der Waals surface area contributed by atoms with Crippen molar-refractivity contribution in [1.82, 2.24) is 0 Å². The molecule has 1 saturated heterocycles. The SMILES string of the molecule is CCCCCCCCP1(=O)OCCO1. The van der Waals surface area contributed by atoms with Gasteiger partial charge in [0.05, 0.1) is 19.4 Å². The maximum absolute atomic E-state index is 11.7. The summed E-state index contributed by atoms with van der Waals surface area (Å²) in [6.07, 6.45) is 7.85. The number of hydrogen-bond acceptors (Lipinski definition) is 3. The molecule has 0 spiro atoms. The fourth-order valence-corrected chi connectivity index (χ4v) is 3.25. The standard InChI is InChI=1S/C10H21O3P/c1-2-3-4-5-6-7-10-14(11)12-8-9-13-14/h2-10H2,1H3. The highest BCUT2D eigenvalue weighted by molar-refractivity contribution is 7.54. The van der Waals surface area contributed by atoms with Crippen molar-refractivity contribution >= 4 is 7.60 Å². The molecule has 0 saturated carbocycles. The van der Waals surface area contributed by atoms with Gasteiger partial charge in [0.1, 0.15) is 0 Å². The number of rotatable bonds is 7. The Morgan fingerprint density at radius 2 is 1.57 bits per heavy atom. The fraction of sp³-hybridized carbons (Fsp3) is 1.00. The highest BCUT2D eigenvalue weighted by atomic mass is 31.2. The summed E-state index contributed by atoms with van der Waals surface area (Å²) in [7, 11) is -2.63.